The number of nitrogens with one attached hydrogen (secondary N) is 1. The minimum atomic E-state index is -1.45. The van der Waals surface area contributed by atoms with Crippen LogP contribution in [0.3, 0.4) is 0 Å². The van der Waals surface area contributed by atoms with E-state index in [1.165, 1.54) is 11.3 Å². The second-order valence-corrected chi connectivity index (χ2v) is 5.89. The summed E-state index contributed by atoms with van der Waals surface area (Å²) in [5.74, 6) is -3.36. The summed E-state index contributed by atoms with van der Waals surface area (Å²) in [5, 5.41) is 12.4. The lowest BCUT2D eigenvalue weighted by atomic mass is 10.1. The molecule has 0 fully saturated rings. The number of hydrogen-bond donors (Lipinski definition) is 1. The summed E-state index contributed by atoms with van der Waals surface area (Å²) >= 11 is 1.40. The molecule has 3 nitrogen and oxygen atoms in total. The molecule has 0 saturated carbocycles. The molecule has 0 aliphatic carbocycles. The van der Waals surface area contributed by atoms with Crippen LogP contribution in [0, 0.1) is 23.4 Å². The van der Waals surface area contributed by atoms with E-state index in [0.29, 0.717) is 16.6 Å². The van der Waals surface area contributed by atoms with Crippen molar-refractivity contribution in [2.75, 3.05) is 5.32 Å². The Bertz CT molecular complexity index is 575. The number of aromatic nitrogens is 2. The highest BCUT2D eigenvalue weighted by Gasteiger charge is 2.11. The highest BCUT2D eigenvalue weighted by atomic mass is 32.1. The molecule has 2 rings (SSSR count). The van der Waals surface area contributed by atoms with Crippen molar-refractivity contribution in [1.29, 1.82) is 0 Å². The molecule has 0 saturated heterocycles. The molecule has 2 aromatic rings. The van der Waals surface area contributed by atoms with Crippen LogP contribution >= 0.6 is 11.3 Å². The van der Waals surface area contributed by atoms with Gasteiger partial charge in [-0.1, -0.05) is 25.2 Å². The number of halogens is 3. The third kappa shape index (κ3) is 3.69. The maximum Gasteiger partial charge on any atom is 0.205 e. The van der Waals surface area contributed by atoms with Gasteiger partial charge < -0.3 is 5.32 Å². The highest BCUT2D eigenvalue weighted by Crippen LogP contribution is 2.20. The van der Waals surface area contributed by atoms with Crippen molar-refractivity contribution < 1.29 is 13.2 Å². The van der Waals surface area contributed by atoms with E-state index in [1.54, 1.807) is 0 Å². The first-order valence-electron chi connectivity index (χ1n) is 6.15. The van der Waals surface area contributed by atoms with Crippen LogP contribution < -0.4 is 5.32 Å². The number of benzene rings is 1. The van der Waals surface area contributed by atoms with E-state index in [2.05, 4.69) is 29.4 Å². The largest absolute Gasteiger partial charge is 0.356 e. The summed E-state index contributed by atoms with van der Waals surface area (Å²) < 4.78 is 38.9. The number of hydrogen-bond acceptors (Lipinski definition) is 4. The quantitative estimate of drug-likeness (QED) is 0.854. The van der Waals surface area contributed by atoms with Gasteiger partial charge in [-0.05, 0) is 23.6 Å². The van der Waals surface area contributed by atoms with Crippen LogP contribution in [0.25, 0.3) is 0 Å². The van der Waals surface area contributed by atoms with Crippen molar-refractivity contribution in [2.45, 2.75) is 26.8 Å². The van der Waals surface area contributed by atoms with Gasteiger partial charge in [0.1, 0.15) is 5.01 Å². The fraction of sp³-hybridized carbons (Fsp3) is 0.385. The minimum Gasteiger partial charge on any atom is -0.356 e. The lowest BCUT2D eigenvalue weighted by Crippen LogP contribution is -2.02. The van der Waals surface area contributed by atoms with Gasteiger partial charge in [0, 0.05) is 13.0 Å². The molecule has 0 bridgehead atoms. The van der Waals surface area contributed by atoms with Crippen LogP contribution in [-0.2, 0) is 13.0 Å². The van der Waals surface area contributed by atoms with Crippen LogP contribution in [-0.4, -0.2) is 10.2 Å². The Hall–Kier alpha value is -1.63. The average molecular weight is 301 g/mol. The zero-order valence-electron chi connectivity index (χ0n) is 11.1. The molecule has 1 aromatic heterocycles. The van der Waals surface area contributed by atoms with E-state index < -0.39 is 17.5 Å². The van der Waals surface area contributed by atoms with E-state index in [9.17, 15) is 13.2 Å². The molecule has 0 aliphatic heterocycles. The van der Waals surface area contributed by atoms with E-state index >= 15 is 0 Å². The normalized spacial score (nSPS) is 11.1. The molecule has 1 aromatic carbocycles. The first-order chi connectivity index (χ1) is 9.45. The molecule has 0 radical (unpaired) electrons. The molecule has 0 spiro atoms. The van der Waals surface area contributed by atoms with Crippen molar-refractivity contribution in [1.82, 2.24) is 10.2 Å². The van der Waals surface area contributed by atoms with Gasteiger partial charge >= 0.3 is 0 Å². The highest BCUT2D eigenvalue weighted by molar-refractivity contribution is 7.15. The minimum absolute atomic E-state index is 0.157. The monoisotopic (exact) mass is 301 g/mol. The van der Waals surface area contributed by atoms with Crippen LogP contribution in [0.5, 0.6) is 0 Å². The average Bonchev–Trinajstić information content (AvgIpc) is 2.80. The summed E-state index contributed by atoms with van der Waals surface area (Å²) in [6, 6.07) is 1.92. The smallest absolute Gasteiger partial charge is 0.205 e. The molecule has 0 atom stereocenters. The van der Waals surface area contributed by atoms with Gasteiger partial charge in [-0.2, -0.15) is 0 Å². The molecular weight excluding hydrogens is 287 g/mol. The third-order valence-corrected chi connectivity index (χ3v) is 3.44. The predicted molar refractivity (Wildman–Crippen MR) is 72.1 cm³/mol. The molecule has 0 unspecified atom stereocenters. The summed E-state index contributed by atoms with van der Waals surface area (Å²) in [5.41, 5.74) is 0.307. The Labute approximate surface area is 118 Å². The number of nitrogens with zero attached hydrogens (tertiary/aromatic N) is 2. The van der Waals surface area contributed by atoms with Gasteiger partial charge in [0.25, 0.3) is 0 Å². The first-order valence-corrected chi connectivity index (χ1v) is 6.97. The molecule has 0 amide bonds. The number of rotatable bonds is 5. The zero-order valence-corrected chi connectivity index (χ0v) is 11.9. The topological polar surface area (TPSA) is 37.8 Å². The van der Waals surface area contributed by atoms with Crippen LogP contribution in [0.2, 0.25) is 0 Å². The van der Waals surface area contributed by atoms with E-state index in [4.69, 9.17) is 0 Å². The van der Waals surface area contributed by atoms with E-state index in [-0.39, 0.29) is 6.54 Å². The molecule has 108 valence electrons. The van der Waals surface area contributed by atoms with Gasteiger partial charge in [-0.25, -0.2) is 13.2 Å². The molecular formula is C13H14F3N3S. The van der Waals surface area contributed by atoms with Gasteiger partial charge in [-0.15, -0.1) is 10.2 Å². The lowest BCUT2D eigenvalue weighted by Gasteiger charge is -2.04. The standard InChI is InChI=1S/C13H14F3N3S/c1-7(2)3-11-18-19-13(20-11)17-6-8-4-9(14)12(16)10(15)5-8/h4-5,7H,3,6H2,1-2H3,(H,17,19). The van der Waals surface area contributed by atoms with Gasteiger partial charge in [0.15, 0.2) is 17.5 Å². The SMILES string of the molecule is CC(C)Cc1nnc(NCc2cc(F)c(F)c(F)c2)s1. The van der Waals surface area contributed by atoms with Crippen molar-refractivity contribution in [2.24, 2.45) is 5.92 Å². The Morgan fingerprint density at radius 3 is 2.40 bits per heavy atom. The van der Waals surface area contributed by atoms with Gasteiger partial charge in [0.05, 0.1) is 0 Å². The Morgan fingerprint density at radius 2 is 1.80 bits per heavy atom. The summed E-state index contributed by atoms with van der Waals surface area (Å²) in [6.07, 6.45) is 0.832. The Balaban J connectivity index is 2.00. The molecule has 0 aliphatic rings. The van der Waals surface area contributed by atoms with Crippen molar-refractivity contribution in [3.8, 4) is 0 Å². The van der Waals surface area contributed by atoms with Crippen LogP contribution in [0.1, 0.15) is 24.4 Å². The Morgan fingerprint density at radius 1 is 1.15 bits per heavy atom. The summed E-state index contributed by atoms with van der Waals surface area (Å²) in [4.78, 5) is 0. The van der Waals surface area contributed by atoms with Gasteiger partial charge in [0.2, 0.25) is 5.13 Å². The fourth-order valence-electron chi connectivity index (χ4n) is 1.64. The third-order valence-electron chi connectivity index (χ3n) is 2.54. The maximum absolute atomic E-state index is 13.0. The zero-order chi connectivity index (χ0) is 14.7. The van der Waals surface area contributed by atoms with Crippen molar-refractivity contribution in [3.63, 3.8) is 0 Å². The predicted octanol–water partition coefficient (Wildman–Crippen LogP) is 3.77. The Kier molecular flexibility index (Phi) is 4.59. The summed E-state index contributed by atoms with van der Waals surface area (Å²) in [6.45, 7) is 4.32. The summed E-state index contributed by atoms with van der Waals surface area (Å²) in [7, 11) is 0. The fourth-order valence-corrected chi connectivity index (χ4v) is 2.59. The van der Waals surface area contributed by atoms with Gasteiger partial charge in [-0.3, -0.25) is 0 Å². The number of anilines is 1. The molecule has 20 heavy (non-hydrogen) atoms. The van der Waals surface area contributed by atoms with Crippen molar-refractivity contribution in [3.05, 3.63) is 40.2 Å². The van der Waals surface area contributed by atoms with Crippen molar-refractivity contribution >= 4 is 16.5 Å². The lowest BCUT2D eigenvalue weighted by molar-refractivity contribution is 0.445. The van der Waals surface area contributed by atoms with Crippen LogP contribution in [0.4, 0.5) is 18.3 Å². The second kappa shape index (κ2) is 6.21. The molecule has 1 N–H and O–H groups in total. The van der Waals surface area contributed by atoms with E-state index in [0.717, 1.165) is 23.6 Å². The van der Waals surface area contributed by atoms with E-state index in [1.807, 2.05) is 0 Å². The van der Waals surface area contributed by atoms with Crippen LogP contribution in [0.15, 0.2) is 12.1 Å². The molecule has 1 heterocycles. The first kappa shape index (κ1) is 14.8. The maximum atomic E-state index is 13.0. The second-order valence-electron chi connectivity index (χ2n) is 4.83. The molecule has 7 heteroatoms.